The van der Waals surface area contributed by atoms with E-state index in [0.717, 1.165) is 6.07 Å². The van der Waals surface area contributed by atoms with Crippen LogP contribution in [0.1, 0.15) is 5.56 Å². The lowest BCUT2D eigenvalue weighted by Gasteiger charge is -2.11. The molecule has 0 aliphatic heterocycles. The largest absolute Gasteiger partial charge is 0.451 e. The van der Waals surface area contributed by atoms with Crippen LogP contribution in [-0.2, 0) is 5.88 Å². The maximum atomic E-state index is 13.7. The molecule has 0 bridgehead atoms. The summed E-state index contributed by atoms with van der Waals surface area (Å²) in [6, 6.07) is 4.74. The molecule has 0 saturated heterocycles. The molecule has 21 heavy (non-hydrogen) atoms. The highest BCUT2D eigenvalue weighted by atomic mass is 35.5. The summed E-state index contributed by atoms with van der Waals surface area (Å²) < 4.78 is 45.8. The summed E-state index contributed by atoms with van der Waals surface area (Å²) in [4.78, 5) is 9.40. The lowest BCUT2D eigenvalue weighted by atomic mass is 10.2. The van der Waals surface area contributed by atoms with E-state index < -0.39 is 33.8 Å². The van der Waals surface area contributed by atoms with Crippen LogP contribution in [0.2, 0.25) is 0 Å². The third-order valence-electron chi connectivity index (χ3n) is 2.60. The number of nitro groups is 1. The molecule has 0 radical (unpaired) electrons. The first-order valence-electron chi connectivity index (χ1n) is 5.58. The van der Waals surface area contributed by atoms with Gasteiger partial charge in [0.05, 0.1) is 16.9 Å². The van der Waals surface area contributed by atoms with Crippen molar-refractivity contribution in [3.05, 3.63) is 63.5 Å². The van der Waals surface area contributed by atoms with E-state index >= 15 is 0 Å². The predicted molar refractivity (Wildman–Crippen MR) is 69.0 cm³/mol. The molecule has 0 N–H and O–H groups in total. The number of nitro benzene ring substituents is 1. The van der Waals surface area contributed by atoms with Crippen molar-refractivity contribution in [1.29, 1.82) is 0 Å². The van der Waals surface area contributed by atoms with Crippen molar-refractivity contribution in [2.24, 2.45) is 0 Å². The molecule has 0 amide bonds. The van der Waals surface area contributed by atoms with Crippen molar-refractivity contribution < 1.29 is 22.8 Å². The Morgan fingerprint density at radius 1 is 1.14 bits per heavy atom. The van der Waals surface area contributed by atoms with Crippen LogP contribution in [0.25, 0.3) is 0 Å². The van der Waals surface area contributed by atoms with E-state index in [-0.39, 0.29) is 17.2 Å². The summed E-state index contributed by atoms with van der Waals surface area (Å²) in [6.45, 7) is 0. The van der Waals surface area contributed by atoms with Crippen molar-refractivity contribution >= 4 is 17.3 Å². The number of hydrogen-bond acceptors (Lipinski definition) is 3. The quantitative estimate of drug-likeness (QED) is 0.472. The molecular formula is C13H7ClF3NO3. The molecule has 8 heteroatoms. The minimum atomic E-state index is -1.29. The van der Waals surface area contributed by atoms with Crippen LogP contribution in [0.3, 0.4) is 0 Å². The van der Waals surface area contributed by atoms with Crippen LogP contribution >= 0.6 is 11.6 Å². The van der Waals surface area contributed by atoms with Gasteiger partial charge in [0.15, 0.2) is 23.1 Å². The summed E-state index contributed by atoms with van der Waals surface area (Å²) in [6.07, 6.45) is 0. The first-order valence-corrected chi connectivity index (χ1v) is 6.12. The Labute approximate surface area is 121 Å². The van der Waals surface area contributed by atoms with Crippen LogP contribution < -0.4 is 4.74 Å². The fraction of sp³-hybridized carbons (Fsp3) is 0.0769. The Balaban J connectivity index is 2.46. The van der Waals surface area contributed by atoms with E-state index in [4.69, 9.17) is 16.3 Å². The number of alkyl halides is 1. The fourth-order valence-corrected chi connectivity index (χ4v) is 1.83. The highest BCUT2D eigenvalue weighted by molar-refractivity contribution is 6.17. The topological polar surface area (TPSA) is 52.4 Å². The highest BCUT2D eigenvalue weighted by Gasteiger charge is 2.21. The number of nitrogens with zero attached hydrogens (tertiary/aromatic N) is 1. The zero-order valence-corrected chi connectivity index (χ0v) is 11.0. The van der Waals surface area contributed by atoms with Gasteiger partial charge in [-0.15, -0.1) is 11.6 Å². The maximum absolute atomic E-state index is 13.7. The molecule has 0 aliphatic carbocycles. The van der Waals surface area contributed by atoms with Gasteiger partial charge >= 0.3 is 5.69 Å². The number of para-hydroxylation sites is 1. The molecule has 0 atom stereocenters. The van der Waals surface area contributed by atoms with E-state index in [0.29, 0.717) is 12.1 Å². The molecular weight excluding hydrogens is 311 g/mol. The van der Waals surface area contributed by atoms with Gasteiger partial charge in [-0.05, 0) is 6.07 Å². The van der Waals surface area contributed by atoms with Crippen molar-refractivity contribution in [2.75, 3.05) is 0 Å². The standard InChI is InChI=1S/C13H7ClF3NO3/c14-6-7-2-1-3-8(15)13(7)21-12-5-9(16)11(18(19)20)4-10(12)17/h1-5H,6H2. The van der Waals surface area contributed by atoms with Crippen LogP contribution in [0.15, 0.2) is 30.3 Å². The minimum Gasteiger partial charge on any atom is -0.451 e. The highest BCUT2D eigenvalue weighted by Crippen LogP contribution is 2.33. The van der Waals surface area contributed by atoms with Gasteiger partial charge in [-0.1, -0.05) is 12.1 Å². The Kier molecular flexibility index (Phi) is 4.32. The van der Waals surface area contributed by atoms with Gasteiger partial charge in [-0.25, -0.2) is 8.78 Å². The molecule has 4 nitrogen and oxygen atoms in total. The van der Waals surface area contributed by atoms with Crippen LogP contribution in [0, 0.1) is 27.6 Å². The first kappa shape index (κ1) is 15.1. The number of rotatable bonds is 4. The third kappa shape index (κ3) is 3.08. The Morgan fingerprint density at radius 2 is 1.86 bits per heavy atom. The van der Waals surface area contributed by atoms with Crippen LogP contribution in [0.4, 0.5) is 18.9 Å². The molecule has 2 rings (SSSR count). The van der Waals surface area contributed by atoms with Crippen molar-refractivity contribution in [3.63, 3.8) is 0 Å². The molecule has 0 aromatic heterocycles. The molecule has 110 valence electrons. The second kappa shape index (κ2) is 6.01. The molecule has 0 spiro atoms. The number of ether oxygens (including phenoxy) is 1. The number of benzene rings is 2. The molecule has 0 aliphatic rings. The summed E-state index contributed by atoms with van der Waals surface area (Å²) in [5.41, 5.74) is -0.805. The molecule has 0 unspecified atom stereocenters. The van der Waals surface area contributed by atoms with Crippen LogP contribution in [0.5, 0.6) is 11.5 Å². The Hall–Kier alpha value is -2.28. The predicted octanol–water partition coefficient (Wildman–Crippen LogP) is 4.54. The van der Waals surface area contributed by atoms with E-state index in [9.17, 15) is 23.3 Å². The molecule has 2 aromatic rings. The second-order valence-corrected chi connectivity index (χ2v) is 4.22. The molecule has 0 fully saturated rings. The number of halogens is 4. The molecule has 0 heterocycles. The Morgan fingerprint density at radius 3 is 2.48 bits per heavy atom. The SMILES string of the molecule is O=[N+]([O-])c1cc(F)c(Oc2c(F)cccc2CCl)cc1F. The summed E-state index contributed by atoms with van der Waals surface area (Å²) >= 11 is 5.60. The zero-order chi connectivity index (χ0) is 15.6. The average molecular weight is 318 g/mol. The summed E-state index contributed by atoms with van der Waals surface area (Å²) in [7, 11) is 0. The van der Waals surface area contributed by atoms with E-state index in [1.54, 1.807) is 0 Å². The van der Waals surface area contributed by atoms with E-state index in [1.165, 1.54) is 12.1 Å². The van der Waals surface area contributed by atoms with Crippen molar-refractivity contribution in [1.82, 2.24) is 0 Å². The summed E-state index contributed by atoms with van der Waals surface area (Å²) in [5.74, 6) is -4.43. The van der Waals surface area contributed by atoms with Gasteiger partial charge in [0.1, 0.15) is 0 Å². The maximum Gasteiger partial charge on any atom is 0.307 e. The fourth-order valence-electron chi connectivity index (χ4n) is 1.62. The van der Waals surface area contributed by atoms with Gasteiger partial charge in [0.25, 0.3) is 0 Å². The van der Waals surface area contributed by atoms with Gasteiger partial charge < -0.3 is 4.74 Å². The summed E-state index contributed by atoms with van der Waals surface area (Å²) in [5, 5.41) is 10.5. The van der Waals surface area contributed by atoms with Gasteiger partial charge in [-0.2, -0.15) is 4.39 Å². The van der Waals surface area contributed by atoms with Crippen LogP contribution in [-0.4, -0.2) is 4.92 Å². The second-order valence-electron chi connectivity index (χ2n) is 3.95. The first-order chi connectivity index (χ1) is 9.93. The average Bonchev–Trinajstić information content (AvgIpc) is 2.44. The normalized spacial score (nSPS) is 10.5. The van der Waals surface area contributed by atoms with E-state index in [2.05, 4.69) is 0 Å². The van der Waals surface area contributed by atoms with Gasteiger partial charge in [0, 0.05) is 11.6 Å². The van der Waals surface area contributed by atoms with Gasteiger partial charge in [-0.3, -0.25) is 10.1 Å². The van der Waals surface area contributed by atoms with Gasteiger partial charge in [0.2, 0.25) is 5.82 Å². The zero-order valence-electron chi connectivity index (χ0n) is 10.3. The molecule has 2 aromatic carbocycles. The van der Waals surface area contributed by atoms with Crippen molar-refractivity contribution in [2.45, 2.75) is 5.88 Å². The number of hydrogen-bond donors (Lipinski definition) is 0. The lowest BCUT2D eigenvalue weighted by molar-refractivity contribution is -0.387. The monoisotopic (exact) mass is 317 g/mol. The Bertz CT molecular complexity index is 709. The lowest BCUT2D eigenvalue weighted by Crippen LogP contribution is -1.99. The molecule has 0 saturated carbocycles. The van der Waals surface area contributed by atoms with E-state index in [1.807, 2.05) is 0 Å². The third-order valence-corrected chi connectivity index (χ3v) is 2.89. The smallest absolute Gasteiger partial charge is 0.307 e. The van der Waals surface area contributed by atoms with Crippen molar-refractivity contribution in [3.8, 4) is 11.5 Å². The minimum absolute atomic E-state index is 0.107.